The number of hydrogen-bond donors (Lipinski definition) is 2. The highest BCUT2D eigenvalue weighted by atomic mass is 16.3. The van der Waals surface area contributed by atoms with E-state index in [4.69, 9.17) is 6.42 Å². The number of carbonyl (C=O) groups is 1. The molecule has 0 saturated carbocycles. The molecule has 0 spiro atoms. The van der Waals surface area contributed by atoms with Gasteiger partial charge >= 0.3 is 0 Å². The maximum atomic E-state index is 12.2. The predicted octanol–water partition coefficient (Wildman–Crippen LogP) is 1.56. The van der Waals surface area contributed by atoms with E-state index in [0.29, 0.717) is 19.5 Å². The number of aryl methyl sites for hydroxylation is 1. The minimum atomic E-state index is -0.530. The summed E-state index contributed by atoms with van der Waals surface area (Å²) in [4.78, 5) is 18.3. The summed E-state index contributed by atoms with van der Waals surface area (Å²) in [5.74, 6) is 3.32. The number of carbonyl (C=O) groups excluding carboxylic acids is 1. The van der Waals surface area contributed by atoms with E-state index in [1.54, 1.807) is 23.2 Å². The van der Waals surface area contributed by atoms with Crippen LogP contribution in [0.5, 0.6) is 0 Å². The number of hydrogen-bond acceptors (Lipinski definition) is 4. The average Bonchev–Trinajstić information content (AvgIpc) is 2.59. The van der Waals surface area contributed by atoms with Crippen LogP contribution in [0.3, 0.4) is 0 Å². The third kappa shape index (κ3) is 3.61. The number of aliphatic hydroxyl groups excluding tert-OH is 1. The highest BCUT2D eigenvalue weighted by molar-refractivity contribution is 5.92. The maximum Gasteiger partial charge on any atom is 0.246 e. The first kappa shape index (κ1) is 15.3. The molecule has 2 N–H and O–H groups in total. The average molecular weight is 309 g/mol. The molecular weight excluding hydrogens is 290 g/mol. The first-order chi connectivity index (χ1) is 11.2. The highest BCUT2D eigenvalue weighted by Gasteiger charge is 2.17. The van der Waals surface area contributed by atoms with Crippen molar-refractivity contribution in [2.45, 2.75) is 25.5 Å². The fourth-order valence-electron chi connectivity index (χ4n) is 2.74. The molecule has 3 rings (SSSR count). The molecule has 0 fully saturated rings. The van der Waals surface area contributed by atoms with Crippen LogP contribution in [0.15, 0.2) is 30.0 Å². The molecule has 0 aromatic carbocycles. The van der Waals surface area contributed by atoms with Crippen LogP contribution in [0.2, 0.25) is 0 Å². The molecule has 1 amide bonds. The molecule has 2 aliphatic heterocycles. The molecule has 1 unspecified atom stereocenters. The molecule has 1 aromatic rings. The molecule has 5 heteroatoms. The van der Waals surface area contributed by atoms with Gasteiger partial charge in [0.1, 0.15) is 12.0 Å². The lowest BCUT2D eigenvalue weighted by atomic mass is 10.0. The number of nitrogens with one attached hydrogen (secondary N) is 1. The lowest BCUT2D eigenvalue weighted by Crippen LogP contribution is -2.33. The topological polar surface area (TPSA) is 65.5 Å². The van der Waals surface area contributed by atoms with Crippen LogP contribution in [-0.2, 0) is 11.2 Å². The molecule has 5 nitrogen and oxygen atoms in total. The fraction of sp³-hybridized carbons (Fsp3) is 0.333. The molecule has 0 radical (unpaired) electrons. The predicted molar refractivity (Wildman–Crippen MR) is 89.3 cm³/mol. The molecule has 0 aliphatic carbocycles. The highest BCUT2D eigenvalue weighted by Crippen LogP contribution is 2.23. The number of fused-ring (bicyclic) bond motifs is 1. The van der Waals surface area contributed by atoms with Crippen LogP contribution in [0.1, 0.15) is 24.0 Å². The summed E-state index contributed by atoms with van der Waals surface area (Å²) in [7, 11) is 0. The van der Waals surface area contributed by atoms with Crippen LogP contribution in [-0.4, -0.2) is 40.2 Å². The van der Waals surface area contributed by atoms with E-state index in [9.17, 15) is 9.90 Å². The number of aliphatic hydroxyl groups is 1. The van der Waals surface area contributed by atoms with Gasteiger partial charge in [-0.1, -0.05) is 12.0 Å². The van der Waals surface area contributed by atoms with E-state index in [2.05, 4.69) is 16.2 Å². The second-order valence-electron chi connectivity index (χ2n) is 5.72. The van der Waals surface area contributed by atoms with Gasteiger partial charge < -0.3 is 15.3 Å². The molecule has 0 saturated heterocycles. The lowest BCUT2D eigenvalue weighted by molar-refractivity contribution is -0.125. The van der Waals surface area contributed by atoms with Crippen LogP contribution in [0.4, 0.5) is 5.82 Å². The van der Waals surface area contributed by atoms with Gasteiger partial charge in [0, 0.05) is 30.9 Å². The zero-order valence-electron chi connectivity index (χ0n) is 12.8. The number of amides is 1. The molecule has 0 bridgehead atoms. The largest absolute Gasteiger partial charge is 0.374 e. The van der Waals surface area contributed by atoms with Crippen molar-refractivity contribution in [3.8, 4) is 12.3 Å². The first-order valence-electron chi connectivity index (χ1n) is 7.72. The standard InChI is InChI=1S/C18H19N3O2/c1-2-13-7-9-21(10-8-13)17(23)6-3-14-11-15-4-5-16(22)20-18(15)19-12-14/h1,3,6-7,11-12,16,22H,4-5,8-10H2,(H,19,20). The Hall–Kier alpha value is -2.58. The Labute approximate surface area is 135 Å². The van der Waals surface area contributed by atoms with Gasteiger partial charge in [-0.05, 0) is 42.5 Å². The summed E-state index contributed by atoms with van der Waals surface area (Å²) in [5, 5.41) is 12.5. The Bertz CT molecular complexity index is 715. The number of rotatable bonds is 2. The van der Waals surface area contributed by atoms with Crippen molar-refractivity contribution in [2.75, 3.05) is 18.4 Å². The summed E-state index contributed by atoms with van der Waals surface area (Å²) in [6, 6.07) is 2.00. The number of nitrogens with zero attached hydrogens (tertiary/aromatic N) is 2. The van der Waals surface area contributed by atoms with E-state index >= 15 is 0 Å². The van der Waals surface area contributed by atoms with E-state index < -0.39 is 6.23 Å². The number of anilines is 1. The summed E-state index contributed by atoms with van der Waals surface area (Å²) in [6.07, 6.45) is 14.0. The Morgan fingerprint density at radius 3 is 3.13 bits per heavy atom. The van der Waals surface area contributed by atoms with Crippen LogP contribution in [0.25, 0.3) is 6.08 Å². The first-order valence-corrected chi connectivity index (χ1v) is 7.72. The van der Waals surface area contributed by atoms with Crippen molar-refractivity contribution in [1.82, 2.24) is 9.88 Å². The molecular formula is C18H19N3O2. The zero-order valence-corrected chi connectivity index (χ0v) is 12.8. The normalized spacial score (nSPS) is 20.4. The second-order valence-corrected chi connectivity index (χ2v) is 5.72. The quantitative estimate of drug-likeness (QED) is 0.643. The van der Waals surface area contributed by atoms with Crippen molar-refractivity contribution >= 4 is 17.8 Å². The van der Waals surface area contributed by atoms with Gasteiger partial charge in [-0.15, -0.1) is 6.42 Å². The molecule has 2 aliphatic rings. The van der Waals surface area contributed by atoms with Crippen molar-refractivity contribution in [1.29, 1.82) is 0 Å². The minimum absolute atomic E-state index is 0.0245. The molecule has 23 heavy (non-hydrogen) atoms. The molecule has 3 heterocycles. The van der Waals surface area contributed by atoms with Gasteiger partial charge in [-0.2, -0.15) is 0 Å². The molecule has 118 valence electrons. The smallest absolute Gasteiger partial charge is 0.246 e. The van der Waals surface area contributed by atoms with Gasteiger partial charge in [0.2, 0.25) is 5.91 Å². The Morgan fingerprint density at radius 2 is 2.39 bits per heavy atom. The van der Waals surface area contributed by atoms with Crippen LogP contribution < -0.4 is 5.32 Å². The number of aromatic nitrogens is 1. The third-order valence-corrected chi connectivity index (χ3v) is 4.10. The van der Waals surface area contributed by atoms with Gasteiger partial charge in [-0.25, -0.2) is 4.98 Å². The van der Waals surface area contributed by atoms with Gasteiger partial charge in [0.15, 0.2) is 0 Å². The van der Waals surface area contributed by atoms with E-state index in [-0.39, 0.29) is 5.91 Å². The number of terminal acetylenes is 1. The SMILES string of the molecule is C#CC1=CCN(C(=O)C=Cc2cnc3c(c2)CCC(O)N3)CC1. The second kappa shape index (κ2) is 6.67. The fourth-order valence-corrected chi connectivity index (χ4v) is 2.74. The van der Waals surface area contributed by atoms with Gasteiger partial charge in [0.05, 0.1) is 0 Å². The molecule has 1 aromatic heterocycles. The Balaban J connectivity index is 1.65. The van der Waals surface area contributed by atoms with Gasteiger partial charge in [0.25, 0.3) is 0 Å². The van der Waals surface area contributed by atoms with E-state index in [0.717, 1.165) is 35.4 Å². The zero-order chi connectivity index (χ0) is 16.2. The van der Waals surface area contributed by atoms with Crippen LogP contribution in [0, 0.1) is 12.3 Å². The lowest BCUT2D eigenvalue weighted by Gasteiger charge is -2.23. The van der Waals surface area contributed by atoms with E-state index in [1.165, 1.54) is 0 Å². The van der Waals surface area contributed by atoms with Gasteiger partial charge in [-0.3, -0.25) is 4.79 Å². The van der Waals surface area contributed by atoms with Crippen molar-refractivity contribution < 1.29 is 9.90 Å². The monoisotopic (exact) mass is 309 g/mol. The maximum absolute atomic E-state index is 12.2. The van der Waals surface area contributed by atoms with Crippen molar-refractivity contribution in [3.05, 3.63) is 41.1 Å². The summed E-state index contributed by atoms with van der Waals surface area (Å²) in [6.45, 7) is 1.22. The van der Waals surface area contributed by atoms with Crippen molar-refractivity contribution in [2.24, 2.45) is 0 Å². The summed E-state index contributed by atoms with van der Waals surface area (Å²) >= 11 is 0. The van der Waals surface area contributed by atoms with Crippen LogP contribution >= 0.6 is 0 Å². The van der Waals surface area contributed by atoms with Crippen molar-refractivity contribution in [3.63, 3.8) is 0 Å². The third-order valence-electron chi connectivity index (χ3n) is 4.10. The minimum Gasteiger partial charge on any atom is -0.374 e. The Morgan fingerprint density at radius 1 is 1.52 bits per heavy atom. The summed E-state index contributed by atoms with van der Waals surface area (Å²) < 4.78 is 0. The Kier molecular flexibility index (Phi) is 4.45. The summed E-state index contributed by atoms with van der Waals surface area (Å²) in [5.41, 5.74) is 2.91. The molecule has 1 atom stereocenters. The van der Waals surface area contributed by atoms with E-state index in [1.807, 2.05) is 12.1 Å². The number of pyridine rings is 1.